The predicted molar refractivity (Wildman–Crippen MR) is 112 cm³/mol. The van der Waals surface area contributed by atoms with Crippen LogP contribution in [0.5, 0.6) is 5.75 Å². The number of nitrogens with zero attached hydrogens (tertiary/aromatic N) is 2. The van der Waals surface area contributed by atoms with Gasteiger partial charge in [-0.05, 0) is 68.8 Å². The number of piperidine rings is 2. The number of hydrogen-bond donors (Lipinski definition) is 0. The lowest BCUT2D eigenvalue weighted by molar-refractivity contribution is -0.132. The van der Waals surface area contributed by atoms with E-state index in [4.69, 9.17) is 9.47 Å². The van der Waals surface area contributed by atoms with E-state index in [0.29, 0.717) is 25.0 Å². The molecule has 0 bridgehead atoms. The minimum Gasteiger partial charge on any atom is -0.497 e. The van der Waals surface area contributed by atoms with E-state index in [1.165, 1.54) is 45.2 Å². The van der Waals surface area contributed by atoms with Crippen LogP contribution in [0.3, 0.4) is 0 Å². The molecule has 28 heavy (non-hydrogen) atoms. The number of rotatable bonds is 9. The molecular formula is C23H36N2O3. The summed E-state index contributed by atoms with van der Waals surface area (Å²) < 4.78 is 10.5. The smallest absolute Gasteiger partial charge is 0.227 e. The predicted octanol–water partition coefficient (Wildman–Crippen LogP) is 3.37. The number of carbonyl (C=O) groups is 1. The summed E-state index contributed by atoms with van der Waals surface area (Å²) in [4.78, 5) is 17.9. The van der Waals surface area contributed by atoms with Crippen molar-refractivity contribution in [2.45, 2.75) is 51.0 Å². The van der Waals surface area contributed by atoms with E-state index in [1.54, 1.807) is 14.2 Å². The van der Waals surface area contributed by atoms with Crippen LogP contribution >= 0.6 is 0 Å². The maximum atomic E-state index is 13.1. The van der Waals surface area contributed by atoms with E-state index >= 15 is 0 Å². The number of carbonyl (C=O) groups excluding carboxylic acids is 1. The highest BCUT2D eigenvalue weighted by Crippen LogP contribution is 2.31. The van der Waals surface area contributed by atoms with Crippen molar-refractivity contribution in [2.75, 3.05) is 47.0 Å². The van der Waals surface area contributed by atoms with Gasteiger partial charge < -0.3 is 19.3 Å². The van der Waals surface area contributed by atoms with Crippen molar-refractivity contribution in [1.29, 1.82) is 0 Å². The maximum Gasteiger partial charge on any atom is 0.227 e. The lowest BCUT2D eigenvalue weighted by Crippen LogP contribution is -2.52. The number of amides is 1. The fourth-order valence-electron chi connectivity index (χ4n) is 4.82. The molecule has 2 fully saturated rings. The van der Waals surface area contributed by atoms with Crippen LogP contribution in [0, 0.1) is 5.92 Å². The summed E-state index contributed by atoms with van der Waals surface area (Å²) in [5, 5.41) is 0. The van der Waals surface area contributed by atoms with Crippen molar-refractivity contribution >= 4 is 5.91 Å². The summed E-state index contributed by atoms with van der Waals surface area (Å²) in [6.07, 6.45) is 7.82. The summed E-state index contributed by atoms with van der Waals surface area (Å²) in [5.41, 5.74) is 1.05. The van der Waals surface area contributed by atoms with Crippen LogP contribution in [0.1, 0.15) is 44.1 Å². The first kappa shape index (κ1) is 21.1. The average Bonchev–Trinajstić information content (AvgIpc) is 2.74. The van der Waals surface area contributed by atoms with Gasteiger partial charge in [0.1, 0.15) is 5.75 Å². The van der Waals surface area contributed by atoms with E-state index in [-0.39, 0.29) is 5.91 Å². The molecule has 2 saturated heterocycles. The van der Waals surface area contributed by atoms with Gasteiger partial charge in [-0.15, -0.1) is 0 Å². The largest absolute Gasteiger partial charge is 0.497 e. The molecule has 0 radical (unpaired) electrons. The topological polar surface area (TPSA) is 42.0 Å². The standard InChI is InChI=1S/C23H36N2O3/c1-27-16-6-15-25(23(26)17-19-9-11-21(28-2)12-10-19)18-20-7-5-14-24-13-4-3-8-22(20)24/h9-12,20,22H,3-8,13-18H2,1-2H3/t20-,22+/m0/s1. The molecule has 156 valence electrons. The minimum atomic E-state index is 0.231. The van der Waals surface area contributed by atoms with Gasteiger partial charge in [-0.3, -0.25) is 4.79 Å². The van der Waals surface area contributed by atoms with Gasteiger partial charge in [-0.25, -0.2) is 0 Å². The first-order chi connectivity index (χ1) is 13.7. The van der Waals surface area contributed by atoms with Gasteiger partial charge in [0.2, 0.25) is 5.91 Å². The van der Waals surface area contributed by atoms with E-state index in [0.717, 1.165) is 30.8 Å². The molecule has 0 N–H and O–H groups in total. The highest BCUT2D eigenvalue weighted by molar-refractivity contribution is 5.78. The Morgan fingerprint density at radius 1 is 1.11 bits per heavy atom. The van der Waals surface area contributed by atoms with Crippen LogP contribution < -0.4 is 4.74 Å². The van der Waals surface area contributed by atoms with Crippen molar-refractivity contribution < 1.29 is 14.3 Å². The fraction of sp³-hybridized carbons (Fsp3) is 0.696. The van der Waals surface area contributed by atoms with Gasteiger partial charge in [0.25, 0.3) is 0 Å². The molecule has 2 atom stereocenters. The highest BCUT2D eigenvalue weighted by atomic mass is 16.5. The molecule has 5 heteroatoms. The molecular weight excluding hydrogens is 352 g/mol. The fourth-order valence-corrected chi connectivity index (χ4v) is 4.82. The summed E-state index contributed by atoms with van der Waals surface area (Å²) >= 11 is 0. The second kappa shape index (κ2) is 10.8. The third-order valence-corrected chi connectivity index (χ3v) is 6.33. The zero-order valence-electron chi connectivity index (χ0n) is 17.6. The van der Waals surface area contributed by atoms with E-state index < -0.39 is 0 Å². The Hall–Kier alpha value is -1.59. The Labute approximate surface area is 170 Å². The Morgan fingerprint density at radius 2 is 1.89 bits per heavy atom. The first-order valence-corrected chi connectivity index (χ1v) is 10.8. The van der Waals surface area contributed by atoms with Crippen LogP contribution in [-0.4, -0.2) is 68.8 Å². The highest BCUT2D eigenvalue weighted by Gasteiger charge is 2.34. The van der Waals surface area contributed by atoms with Crippen LogP contribution in [0.15, 0.2) is 24.3 Å². The number of benzene rings is 1. The Kier molecular flexibility index (Phi) is 8.16. The molecule has 2 heterocycles. The Morgan fingerprint density at radius 3 is 2.64 bits per heavy atom. The minimum absolute atomic E-state index is 0.231. The van der Waals surface area contributed by atoms with Gasteiger partial charge in [-0.1, -0.05) is 18.6 Å². The van der Waals surface area contributed by atoms with Crippen molar-refractivity contribution in [1.82, 2.24) is 9.80 Å². The van der Waals surface area contributed by atoms with Gasteiger partial charge in [0, 0.05) is 32.8 Å². The monoisotopic (exact) mass is 388 g/mol. The third kappa shape index (κ3) is 5.71. The molecule has 5 nitrogen and oxygen atoms in total. The normalized spacial score (nSPS) is 22.5. The molecule has 0 saturated carbocycles. The summed E-state index contributed by atoms with van der Waals surface area (Å²) in [6.45, 7) is 4.85. The van der Waals surface area contributed by atoms with Crippen molar-refractivity contribution in [3.8, 4) is 5.75 Å². The summed E-state index contributed by atoms with van der Waals surface area (Å²) in [7, 11) is 3.39. The molecule has 0 aromatic heterocycles. The van der Waals surface area contributed by atoms with Crippen molar-refractivity contribution in [2.24, 2.45) is 5.92 Å². The third-order valence-electron chi connectivity index (χ3n) is 6.33. The second-order valence-corrected chi connectivity index (χ2v) is 8.21. The van der Waals surface area contributed by atoms with E-state index in [1.807, 2.05) is 24.3 Å². The number of fused-ring (bicyclic) bond motifs is 1. The Balaban J connectivity index is 1.63. The van der Waals surface area contributed by atoms with Crippen LogP contribution in [0.4, 0.5) is 0 Å². The Bertz CT molecular complexity index is 602. The molecule has 1 aromatic carbocycles. The van der Waals surface area contributed by atoms with Crippen LogP contribution in [-0.2, 0) is 16.0 Å². The van der Waals surface area contributed by atoms with Crippen molar-refractivity contribution in [3.63, 3.8) is 0 Å². The molecule has 3 rings (SSSR count). The second-order valence-electron chi connectivity index (χ2n) is 8.21. The van der Waals surface area contributed by atoms with Gasteiger partial charge in [0.05, 0.1) is 13.5 Å². The number of hydrogen-bond acceptors (Lipinski definition) is 4. The van der Waals surface area contributed by atoms with Gasteiger partial charge in [0.15, 0.2) is 0 Å². The number of ether oxygens (including phenoxy) is 2. The van der Waals surface area contributed by atoms with E-state index in [9.17, 15) is 4.79 Å². The molecule has 0 spiro atoms. The van der Waals surface area contributed by atoms with Gasteiger partial charge in [-0.2, -0.15) is 0 Å². The lowest BCUT2D eigenvalue weighted by Gasteiger charge is -2.45. The van der Waals surface area contributed by atoms with Crippen LogP contribution in [0.25, 0.3) is 0 Å². The zero-order valence-corrected chi connectivity index (χ0v) is 17.6. The maximum absolute atomic E-state index is 13.1. The zero-order chi connectivity index (χ0) is 19.8. The molecule has 0 unspecified atom stereocenters. The summed E-state index contributed by atoms with van der Waals surface area (Å²) in [6, 6.07) is 8.51. The molecule has 1 aromatic rings. The first-order valence-electron chi connectivity index (χ1n) is 10.8. The SMILES string of the molecule is COCCCN(C[C@@H]1CCCN2CCCC[C@H]12)C(=O)Cc1ccc(OC)cc1. The number of methoxy groups -OCH3 is 2. The van der Waals surface area contributed by atoms with Crippen molar-refractivity contribution in [3.05, 3.63) is 29.8 Å². The molecule has 2 aliphatic heterocycles. The van der Waals surface area contributed by atoms with E-state index in [2.05, 4.69) is 9.80 Å². The quantitative estimate of drug-likeness (QED) is 0.608. The van der Waals surface area contributed by atoms with Gasteiger partial charge >= 0.3 is 0 Å². The average molecular weight is 389 g/mol. The molecule has 2 aliphatic rings. The summed E-state index contributed by atoms with van der Waals surface area (Å²) in [5.74, 6) is 1.67. The van der Waals surface area contributed by atoms with Crippen LogP contribution in [0.2, 0.25) is 0 Å². The lowest BCUT2D eigenvalue weighted by atomic mass is 9.83. The molecule has 1 amide bonds. The molecule has 0 aliphatic carbocycles.